The first-order chi connectivity index (χ1) is 10.1. The molecule has 0 saturated heterocycles. The fourth-order valence-corrected chi connectivity index (χ4v) is 2.49. The molecule has 2 aromatic rings. The van der Waals surface area contributed by atoms with E-state index in [1.54, 1.807) is 17.0 Å². The Hall–Kier alpha value is -2.56. The number of carbonyl (C=O) groups is 1. The zero-order chi connectivity index (χ0) is 14.8. The van der Waals surface area contributed by atoms with E-state index in [0.717, 1.165) is 12.0 Å². The number of anilines is 2. The Labute approximate surface area is 122 Å². The molecule has 0 fully saturated rings. The first-order valence-corrected chi connectivity index (χ1v) is 6.80. The molecule has 0 aromatic heterocycles. The van der Waals surface area contributed by atoms with E-state index in [1.165, 1.54) is 17.7 Å². The summed E-state index contributed by atoms with van der Waals surface area (Å²) in [5, 5.41) is 2.77. The quantitative estimate of drug-likeness (QED) is 0.791. The fourth-order valence-electron chi connectivity index (χ4n) is 2.49. The van der Waals surface area contributed by atoms with E-state index >= 15 is 0 Å². The van der Waals surface area contributed by atoms with Crippen molar-refractivity contribution in [3.8, 4) is 0 Å². The Morgan fingerprint density at radius 1 is 1.14 bits per heavy atom. The molecule has 0 atom stereocenters. The largest absolute Gasteiger partial charge is 0.399 e. The van der Waals surface area contributed by atoms with Gasteiger partial charge >= 0.3 is 6.03 Å². The number of fused-ring (bicyclic) bond motifs is 1. The molecule has 0 saturated carbocycles. The van der Waals surface area contributed by atoms with Crippen LogP contribution in [-0.4, -0.2) is 17.5 Å². The summed E-state index contributed by atoms with van der Waals surface area (Å²) in [5.41, 5.74) is 9.38. The van der Waals surface area contributed by atoms with Gasteiger partial charge in [0.2, 0.25) is 0 Å². The molecule has 4 nitrogen and oxygen atoms in total. The van der Waals surface area contributed by atoms with Crippen molar-refractivity contribution < 1.29 is 9.18 Å². The van der Waals surface area contributed by atoms with Crippen LogP contribution >= 0.6 is 0 Å². The van der Waals surface area contributed by atoms with Crippen LogP contribution in [0.25, 0.3) is 0 Å². The van der Waals surface area contributed by atoms with Crippen molar-refractivity contribution in [2.75, 3.05) is 17.6 Å². The van der Waals surface area contributed by atoms with E-state index < -0.39 is 0 Å². The number of urea groups is 1. The van der Waals surface area contributed by atoms with Crippen LogP contribution in [-0.2, 0) is 13.0 Å². The van der Waals surface area contributed by atoms with Crippen LogP contribution in [0.5, 0.6) is 0 Å². The summed E-state index contributed by atoms with van der Waals surface area (Å²) in [6.45, 7) is 1.19. The van der Waals surface area contributed by atoms with Gasteiger partial charge < -0.3 is 16.0 Å². The van der Waals surface area contributed by atoms with Crippen LogP contribution in [0.1, 0.15) is 11.1 Å². The summed E-state index contributed by atoms with van der Waals surface area (Å²) in [6.07, 6.45) is 0.812. The molecular formula is C16H16FN3O. The number of nitrogens with two attached hydrogens (primary N) is 1. The maximum atomic E-state index is 12.8. The van der Waals surface area contributed by atoms with Gasteiger partial charge in [-0.2, -0.15) is 0 Å². The third-order valence-electron chi connectivity index (χ3n) is 3.63. The SMILES string of the molecule is Nc1ccc2c(c1)CN(C(=O)Nc1ccc(F)cc1)CC2. The molecule has 0 spiro atoms. The maximum Gasteiger partial charge on any atom is 0.322 e. The minimum absolute atomic E-state index is 0.185. The molecule has 2 aromatic carbocycles. The maximum absolute atomic E-state index is 12.8. The van der Waals surface area contributed by atoms with Crippen LogP contribution in [0, 0.1) is 5.82 Å². The topological polar surface area (TPSA) is 58.4 Å². The predicted octanol–water partition coefficient (Wildman–Crippen LogP) is 3.00. The highest BCUT2D eigenvalue weighted by atomic mass is 19.1. The number of nitrogens with one attached hydrogen (secondary N) is 1. The molecule has 108 valence electrons. The molecule has 1 heterocycles. The van der Waals surface area contributed by atoms with Crippen molar-refractivity contribution >= 4 is 17.4 Å². The summed E-state index contributed by atoms with van der Waals surface area (Å²) in [7, 11) is 0. The Morgan fingerprint density at radius 2 is 1.90 bits per heavy atom. The molecule has 0 bridgehead atoms. The molecule has 21 heavy (non-hydrogen) atoms. The zero-order valence-electron chi connectivity index (χ0n) is 11.5. The molecule has 2 amide bonds. The molecule has 0 unspecified atom stereocenters. The highest BCUT2D eigenvalue weighted by molar-refractivity contribution is 5.89. The second kappa shape index (κ2) is 5.44. The van der Waals surface area contributed by atoms with Crippen molar-refractivity contribution in [3.63, 3.8) is 0 Å². The third-order valence-corrected chi connectivity index (χ3v) is 3.63. The van der Waals surface area contributed by atoms with Gasteiger partial charge in [0.05, 0.1) is 0 Å². The first-order valence-electron chi connectivity index (χ1n) is 6.80. The smallest absolute Gasteiger partial charge is 0.322 e. The van der Waals surface area contributed by atoms with Gasteiger partial charge in [-0.15, -0.1) is 0 Å². The Bertz CT molecular complexity index is 670. The molecule has 1 aliphatic heterocycles. The lowest BCUT2D eigenvalue weighted by molar-refractivity contribution is 0.206. The lowest BCUT2D eigenvalue weighted by Crippen LogP contribution is -2.38. The van der Waals surface area contributed by atoms with Gasteiger partial charge in [0, 0.05) is 24.5 Å². The minimum Gasteiger partial charge on any atom is -0.399 e. The molecule has 5 heteroatoms. The predicted molar refractivity (Wildman–Crippen MR) is 80.4 cm³/mol. The van der Waals surface area contributed by atoms with Crippen LogP contribution in [0.15, 0.2) is 42.5 Å². The van der Waals surface area contributed by atoms with Crippen molar-refractivity contribution in [1.82, 2.24) is 4.90 Å². The Morgan fingerprint density at radius 3 is 2.67 bits per heavy atom. The third kappa shape index (κ3) is 2.97. The molecular weight excluding hydrogens is 269 g/mol. The van der Waals surface area contributed by atoms with Gasteiger partial charge in [0.15, 0.2) is 0 Å². The monoisotopic (exact) mass is 285 g/mol. The number of hydrogen-bond donors (Lipinski definition) is 2. The van der Waals surface area contributed by atoms with E-state index in [-0.39, 0.29) is 11.8 Å². The highest BCUT2D eigenvalue weighted by Gasteiger charge is 2.20. The highest BCUT2D eigenvalue weighted by Crippen LogP contribution is 2.22. The fraction of sp³-hybridized carbons (Fsp3) is 0.188. The molecule has 0 radical (unpaired) electrons. The first kappa shape index (κ1) is 13.4. The lowest BCUT2D eigenvalue weighted by Gasteiger charge is -2.29. The standard InChI is InChI=1S/C16H16FN3O/c17-13-2-5-15(6-3-13)19-16(21)20-8-7-11-1-4-14(18)9-12(11)10-20/h1-6,9H,7-8,10,18H2,(H,19,21). The number of benzene rings is 2. The van der Waals surface area contributed by atoms with Crippen molar-refractivity contribution in [3.05, 3.63) is 59.4 Å². The Balaban J connectivity index is 1.70. The molecule has 3 rings (SSSR count). The van der Waals surface area contributed by atoms with E-state index in [2.05, 4.69) is 5.32 Å². The number of nitrogens with zero attached hydrogens (tertiary/aromatic N) is 1. The summed E-state index contributed by atoms with van der Waals surface area (Å²) in [6, 6.07) is 11.4. The lowest BCUT2D eigenvalue weighted by atomic mass is 9.99. The summed E-state index contributed by atoms with van der Waals surface area (Å²) in [4.78, 5) is 14.0. The van der Waals surface area contributed by atoms with Gasteiger partial charge in [0.1, 0.15) is 5.82 Å². The molecule has 1 aliphatic rings. The van der Waals surface area contributed by atoms with Crippen molar-refractivity contribution in [1.29, 1.82) is 0 Å². The number of amides is 2. The van der Waals surface area contributed by atoms with Crippen LogP contribution in [0.2, 0.25) is 0 Å². The summed E-state index contributed by atoms with van der Waals surface area (Å²) in [5.74, 6) is -0.324. The van der Waals surface area contributed by atoms with Gasteiger partial charge in [-0.3, -0.25) is 0 Å². The van der Waals surface area contributed by atoms with Crippen molar-refractivity contribution in [2.45, 2.75) is 13.0 Å². The zero-order valence-corrected chi connectivity index (χ0v) is 11.5. The van der Waals surface area contributed by atoms with E-state index in [1.807, 2.05) is 18.2 Å². The van der Waals surface area contributed by atoms with Crippen molar-refractivity contribution in [2.24, 2.45) is 0 Å². The van der Waals surface area contributed by atoms with Crippen LogP contribution in [0.4, 0.5) is 20.6 Å². The van der Waals surface area contributed by atoms with E-state index in [4.69, 9.17) is 5.73 Å². The Kier molecular flexibility index (Phi) is 3.48. The summed E-state index contributed by atoms with van der Waals surface area (Å²) >= 11 is 0. The number of nitrogen functional groups attached to an aromatic ring is 1. The molecule has 3 N–H and O–H groups in total. The van der Waals surface area contributed by atoms with E-state index in [0.29, 0.717) is 24.5 Å². The molecule has 0 aliphatic carbocycles. The van der Waals surface area contributed by atoms with Gasteiger partial charge in [0.25, 0.3) is 0 Å². The van der Waals surface area contributed by atoms with Crippen LogP contribution in [0.3, 0.4) is 0 Å². The average Bonchev–Trinajstić information content (AvgIpc) is 2.48. The summed E-state index contributed by atoms with van der Waals surface area (Å²) < 4.78 is 12.8. The average molecular weight is 285 g/mol. The van der Waals surface area contributed by atoms with Gasteiger partial charge in [-0.25, -0.2) is 9.18 Å². The second-order valence-corrected chi connectivity index (χ2v) is 5.14. The van der Waals surface area contributed by atoms with Gasteiger partial charge in [-0.05, 0) is 53.9 Å². The number of rotatable bonds is 1. The van der Waals surface area contributed by atoms with Crippen LogP contribution < -0.4 is 11.1 Å². The van der Waals surface area contributed by atoms with E-state index in [9.17, 15) is 9.18 Å². The number of carbonyl (C=O) groups excluding carboxylic acids is 1. The minimum atomic E-state index is -0.324. The van der Waals surface area contributed by atoms with Gasteiger partial charge in [-0.1, -0.05) is 6.07 Å². The normalized spacial score (nSPS) is 13.7. The second-order valence-electron chi connectivity index (χ2n) is 5.14. The number of halogens is 1. The number of hydrogen-bond acceptors (Lipinski definition) is 2.